The van der Waals surface area contributed by atoms with Gasteiger partial charge < -0.3 is 21.4 Å². The first-order valence-corrected chi connectivity index (χ1v) is 8.22. The monoisotopic (exact) mass is 318 g/mol. The Hall–Kier alpha value is -2.88. The molecule has 0 saturated heterocycles. The largest absolute Gasteiger partial charge is 0.397 e. The van der Waals surface area contributed by atoms with E-state index in [9.17, 15) is 0 Å². The maximum absolute atomic E-state index is 6.13. The Morgan fingerprint density at radius 1 is 0.750 bits per heavy atom. The average molecular weight is 318 g/mol. The molecule has 4 rings (SSSR count). The van der Waals surface area contributed by atoms with Crippen LogP contribution in [0.2, 0.25) is 0 Å². The highest BCUT2D eigenvalue weighted by atomic mass is 14.8. The van der Waals surface area contributed by atoms with Gasteiger partial charge in [0.15, 0.2) is 0 Å². The van der Waals surface area contributed by atoms with Crippen molar-refractivity contribution in [2.45, 2.75) is 26.7 Å². The van der Waals surface area contributed by atoms with Crippen LogP contribution in [0.4, 0.5) is 11.4 Å². The van der Waals surface area contributed by atoms with Gasteiger partial charge in [-0.1, -0.05) is 31.2 Å². The SMILES string of the molecule is Cc1c(C(C)c2[nH]c3c(N)cccc3c2C)[nH]c2c(N)cccc12. The lowest BCUT2D eigenvalue weighted by atomic mass is 9.96. The van der Waals surface area contributed by atoms with Crippen LogP contribution < -0.4 is 11.5 Å². The third-order valence-corrected chi connectivity index (χ3v) is 5.19. The van der Waals surface area contributed by atoms with Gasteiger partial charge in [0.1, 0.15) is 0 Å². The van der Waals surface area contributed by atoms with E-state index in [1.54, 1.807) is 0 Å². The molecule has 2 aromatic heterocycles. The van der Waals surface area contributed by atoms with Crippen LogP contribution in [0, 0.1) is 13.8 Å². The van der Waals surface area contributed by atoms with Crippen molar-refractivity contribution >= 4 is 33.2 Å². The van der Waals surface area contributed by atoms with E-state index in [0.717, 1.165) is 22.4 Å². The number of aryl methyl sites for hydroxylation is 2. The van der Waals surface area contributed by atoms with E-state index in [4.69, 9.17) is 11.5 Å². The van der Waals surface area contributed by atoms with Crippen LogP contribution in [0.3, 0.4) is 0 Å². The zero-order valence-corrected chi connectivity index (χ0v) is 14.2. The molecule has 2 heterocycles. The summed E-state index contributed by atoms with van der Waals surface area (Å²) in [6.45, 7) is 6.51. The van der Waals surface area contributed by atoms with E-state index in [0.29, 0.717) is 0 Å². The quantitative estimate of drug-likeness (QED) is 0.408. The molecule has 0 aliphatic carbocycles. The van der Waals surface area contributed by atoms with Gasteiger partial charge in [0.25, 0.3) is 0 Å². The summed E-state index contributed by atoms with van der Waals surface area (Å²) in [5.41, 5.74) is 20.7. The third kappa shape index (κ3) is 1.92. The van der Waals surface area contributed by atoms with Gasteiger partial charge >= 0.3 is 0 Å². The van der Waals surface area contributed by atoms with E-state index < -0.39 is 0 Å². The number of anilines is 2. The Labute approximate surface area is 140 Å². The molecule has 0 saturated carbocycles. The molecular weight excluding hydrogens is 296 g/mol. The molecule has 0 unspecified atom stereocenters. The smallest absolute Gasteiger partial charge is 0.0692 e. The second-order valence-electron chi connectivity index (χ2n) is 6.59. The Balaban J connectivity index is 1.92. The Kier molecular flexibility index (Phi) is 3.10. The molecule has 0 radical (unpaired) electrons. The molecule has 4 nitrogen and oxygen atoms in total. The highest BCUT2D eigenvalue weighted by Gasteiger charge is 2.21. The van der Waals surface area contributed by atoms with Crippen molar-refractivity contribution in [1.29, 1.82) is 0 Å². The van der Waals surface area contributed by atoms with E-state index in [1.165, 1.54) is 33.3 Å². The van der Waals surface area contributed by atoms with Gasteiger partial charge in [0.05, 0.1) is 22.4 Å². The molecule has 0 atom stereocenters. The number of nitrogen functional groups attached to an aromatic ring is 2. The Morgan fingerprint density at radius 3 is 1.54 bits per heavy atom. The first kappa shape index (κ1) is 14.7. The molecule has 0 aliphatic rings. The van der Waals surface area contributed by atoms with Crippen LogP contribution in [0.15, 0.2) is 36.4 Å². The summed E-state index contributed by atoms with van der Waals surface area (Å²) in [5, 5.41) is 2.37. The van der Waals surface area contributed by atoms with Gasteiger partial charge in [0.2, 0.25) is 0 Å². The minimum absolute atomic E-state index is 0.198. The van der Waals surface area contributed by atoms with Crippen molar-refractivity contribution < 1.29 is 0 Å². The topological polar surface area (TPSA) is 83.6 Å². The molecule has 6 N–H and O–H groups in total. The van der Waals surface area contributed by atoms with Crippen LogP contribution >= 0.6 is 0 Å². The Bertz CT molecular complexity index is 982. The zero-order valence-electron chi connectivity index (χ0n) is 14.2. The average Bonchev–Trinajstić information content (AvgIpc) is 3.08. The molecule has 0 fully saturated rings. The summed E-state index contributed by atoms with van der Waals surface area (Å²) in [4.78, 5) is 7.08. The van der Waals surface area contributed by atoms with Crippen molar-refractivity contribution in [2.75, 3.05) is 11.5 Å². The fourth-order valence-corrected chi connectivity index (χ4v) is 3.80. The van der Waals surface area contributed by atoms with Crippen LogP contribution in [0.25, 0.3) is 21.8 Å². The van der Waals surface area contributed by atoms with Crippen molar-refractivity contribution in [3.8, 4) is 0 Å². The highest BCUT2D eigenvalue weighted by molar-refractivity contribution is 5.95. The molecule has 0 amide bonds. The first-order chi connectivity index (χ1) is 11.5. The van der Waals surface area contributed by atoms with E-state index in [1.807, 2.05) is 24.3 Å². The second-order valence-corrected chi connectivity index (χ2v) is 6.59. The Morgan fingerprint density at radius 2 is 1.17 bits per heavy atom. The number of fused-ring (bicyclic) bond motifs is 2. The van der Waals surface area contributed by atoms with Gasteiger partial charge in [-0.15, -0.1) is 0 Å². The fourth-order valence-electron chi connectivity index (χ4n) is 3.80. The predicted molar refractivity (Wildman–Crippen MR) is 102 cm³/mol. The molecule has 4 heteroatoms. The number of aromatic nitrogens is 2. The minimum Gasteiger partial charge on any atom is -0.397 e. The van der Waals surface area contributed by atoms with Crippen molar-refractivity contribution in [3.05, 3.63) is 58.9 Å². The number of rotatable bonds is 2. The molecule has 4 aromatic rings. The maximum atomic E-state index is 6.13. The zero-order chi connectivity index (χ0) is 17.0. The molecule has 0 aliphatic heterocycles. The van der Waals surface area contributed by atoms with E-state index in [2.05, 4.69) is 42.9 Å². The lowest BCUT2D eigenvalue weighted by Gasteiger charge is -2.11. The van der Waals surface area contributed by atoms with Gasteiger partial charge in [0, 0.05) is 28.1 Å². The number of nitrogens with one attached hydrogen (secondary N) is 2. The van der Waals surface area contributed by atoms with Crippen LogP contribution in [0.1, 0.15) is 35.4 Å². The van der Waals surface area contributed by atoms with Gasteiger partial charge in [-0.2, -0.15) is 0 Å². The van der Waals surface area contributed by atoms with Gasteiger partial charge in [-0.25, -0.2) is 0 Å². The number of para-hydroxylation sites is 2. The lowest BCUT2D eigenvalue weighted by molar-refractivity contribution is 0.842. The molecule has 2 aromatic carbocycles. The number of H-pyrrole nitrogens is 2. The standard InChI is InChI=1S/C20H22N4/c1-10-13-6-4-8-15(21)19(13)23-17(10)12(3)18-11(2)14-7-5-9-16(22)20(14)24-18/h4-9,12,23-24H,21-22H2,1-3H3. The highest BCUT2D eigenvalue weighted by Crippen LogP contribution is 2.36. The van der Waals surface area contributed by atoms with Crippen LogP contribution in [0.5, 0.6) is 0 Å². The summed E-state index contributed by atoms with van der Waals surface area (Å²) in [6, 6.07) is 12.1. The number of hydrogen-bond acceptors (Lipinski definition) is 2. The van der Waals surface area contributed by atoms with E-state index in [-0.39, 0.29) is 5.92 Å². The van der Waals surface area contributed by atoms with E-state index >= 15 is 0 Å². The number of benzene rings is 2. The molecule has 122 valence electrons. The van der Waals surface area contributed by atoms with Crippen molar-refractivity contribution in [3.63, 3.8) is 0 Å². The number of hydrogen-bond donors (Lipinski definition) is 4. The molecule has 24 heavy (non-hydrogen) atoms. The molecule has 0 bridgehead atoms. The van der Waals surface area contributed by atoms with Gasteiger partial charge in [-0.3, -0.25) is 0 Å². The summed E-state index contributed by atoms with van der Waals surface area (Å²) < 4.78 is 0. The minimum atomic E-state index is 0.198. The maximum Gasteiger partial charge on any atom is 0.0692 e. The van der Waals surface area contributed by atoms with Crippen LogP contribution in [-0.2, 0) is 0 Å². The number of aromatic amines is 2. The van der Waals surface area contributed by atoms with Crippen molar-refractivity contribution in [1.82, 2.24) is 9.97 Å². The summed E-state index contributed by atoms with van der Waals surface area (Å²) >= 11 is 0. The fraction of sp³-hybridized carbons (Fsp3) is 0.200. The first-order valence-electron chi connectivity index (χ1n) is 8.22. The second kappa shape index (κ2) is 5.06. The summed E-state index contributed by atoms with van der Waals surface area (Å²) in [7, 11) is 0. The predicted octanol–water partition coefficient (Wildman–Crippen LogP) is 4.58. The summed E-state index contributed by atoms with van der Waals surface area (Å²) in [6.07, 6.45) is 0. The van der Waals surface area contributed by atoms with Crippen LogP contribution in [-0.4, -0.2) is 9.97 Å². The normalized spacial score (nSPS) is 11.8. The third-order valence-electron chi connectivity index (χ3n) is 5.19. The molecule has 0 spiro atoms. The van der Waals surface area contributed by atoms with Crippen molar-refractivity contribution in [2.24, 2.45) is 0 Å². The molecular formula is C20H22N4. The number of nitrogens with two attached hydrogens (primary N) is 2. The lowest BCUT2D eigenvalue weighted by Crippen LogP contribution is -2.01. The van der Waals surface area contributed by atoms with Gasteiger partial charge in [-0.05, 0) is 37.1 Å². The summed E-state index contributed by atoms with van der Waals surface area (Å²) in [5.74, 6) is 0.198.